The third-order valence-electron chi connectivity index (χ3n) is 2.27. The molecule has 0 aliphatic heterocycles. The average Bonchev–Trinajstić information content (AvgIpc) is 2.95. The van der Waals surface area contributed by atoms with Crippen molar-refractivity contribution in [2.75, 3.05) is 13.2 Å². The fourth-order valence-corrected chi connectivity index (χ4v) is 1.07. The van der Waals surface area contributed by atoms with Crippen LogP contribution in [0.3, 0.4) is 0 Å². The minimum absolute atomic E-state index is 0.227. The molecule has 5 nitrogen and oxygen atoms in total. The summed E-state index contributed by atoms with van der Waals surface area (Å²) < 4.78 is 5.26. The summed E-state index contributed by atoms with van der Waals surface area (Å²) in [4.78, 5) is 21.6. The van der Waals surface area contributed by atoms with Gasteiger partial charge < -0.3 is 15.2 Å². The minimum Gasteiger partial charge on any atom is -0.480 e. The third kappa shape index (κ3) is 5.37. The largest absolute Gasteiger partial charge is 0.480 e. The summed E-state index contributed by atoms with van der Waals surface area (Å²) in [5.74, 6) is -0.617. The molecule has 1 atom stereocenters. The fourth-order valence-electron chi connectivity index (χ4n) is 1.07. The molecule has 15 heavy (non-hydrogen) atoms. The Balaban J connectivity index is 1.99. The molecule has 86 valence electrons. The quantitative estimate of drug-likeness (QED) is 0.602. The summed E-state index contributed by atoms with van der Waals surface area (Å²) in [5.41, 5.74) is 0. The highest BCUT2D eigenvalue weighted by Crippen LogP contribution is 2.28. The zero-order chi connectivity index (χ0) is 11.3. The highest BCUT2D eigenvalue weighted by Gasteiger charge is 2.21. The van der Waals surface area contributed by atoms with Gasteiger partial charge in [-0.3, -0.25) is 9.59 Å². The number of hydrogen-bond acceptors (Lipinski definition) is 3. The highest BCUT2D eigenvalue weighted by molar-refractivity contribution is 5.83. The lowest BCUT2D eigenvalue weighted by molar-refractivity contribution is -0.141. The molecule has 0 aromatic rings. The molecule has 0 spiro atoms. The van der Waals surface area contributed by atoms with Crippen LogP contribution in [0.25, 0.3) is 0 Å². The predicted octanol–water partition coefficient (Wildman–Crippen LogP) is 0.392. The number of nitrogens with one attached hydrogen (secondary N) is 1. The number of carbonyl (C=O) groups excluding carboxylic acids is 1. The molecule has 1 fully saturated rings. The smallest absolute Gasteiger partial charge is 0.325 e. The number of carboxylic acids is 1. The first-order chi connectivity index (χ1) is 7.09. The van der Waals surface area contributed by atoms with Crippen molar-refractivity contribution in [3.05, 3.63) is 0 Å². The van der Waals surface area contributed by atoms with E-state index in [0.717, 1.165) is 6.61 Å². The second kappa shape index (κ2) is 5.70. The van der Waals surface area contributed by atoms with Crippen molar-refractivity contribution in [1.82, 2.24) is 5.32 Å². The van der Waals surface area contributed by atoms with E-state index in [9.17, 15) is 9.59 Å². The van der Waals surface area contributed by atoms with Crippen LogP contribution in [0.1, 0.15) is 26.2 Å². The second-order valence-electron chi connectivity index (χ2n) is 3.90. The molecule has 1 amide bonds. The van der Waals surface area contributed by atoms with Crippen molar-refractivity contribution in [3.63, 3.8) is 0 Å². The first kappa shape index (κ1) is 12.0. The molecule has 2 N–H and O–H groups in total. The maximum absolute atomic E-state index is 11.2. The molecule has 5 heteroatoms. The Morgan fingerprint density at radius 1 is 1.53 bits per heavy atom. The monoisotopic (exact) mass is 215 g/mol. The van der Waals surface area contributed by atoms with Crippen LogP contribution < -0.4 is 5.32 Å². The molecule has 1 aliphatic rings. The maximum atomic E-state index is 11.2. The molecule has 0 aromatic carbocycles. The minimum atomic E-state index is -1.03. The van der Waals surface area contributed by atoms with Gasteiger partial charge in [-0.25, -0.2) is 0 Å². The standard InChI is InChI=1S/C10H17NO4/c1-7(10(13)14)11-9(12)4-5-15-6-8-2-3-8/h7-8H,2-6H2,1H3,(H,11,12)(H,13,14). The SMILES string of the molecule is CC(NC(=O)CCOCC1CC1)C(=O)O. The van der Waals surface area contributed by atoms with Crippen LogP contribution in [-0.2, 0) is 14.3 Å². The summed E-state index contributed by atoms with van der Waals surface area (Å²) in [5, 5.41) is 10.9. The Kier molecular flexibility index (Phi) is 4.55. The van der Waals surface area contributed by atoms with Gasteiger partial charge in [-0.1, -0.05) is 0 Å². The van der Waals surface area contributed by atoms with Crippen LogP contribution in [0.15, 0.2) is 0 Å². The number of carbonyl (C=O) groups is 2. The zero-order valence-electron chi connectivity index (χ0n) is 8.86. The highest BCUT2D eigenvalue weighted by atomic mass is 16.5. The molecule has 0 bridgehead atoms. The maximum Gasteiger partial charge on any atom is 0.325 e. The Morgan fingerprint density at radius 3 is 2.73 bits per heavy atom. The van der Waals surface area contributed by atoms with E-state index in [4.69, 9.17) is 9.84 Å². The van der Waals surface area contributed by atoms with Crippen molar-refractivity contribution in [2.45, 2.75) is 32.2 Å². The molecule has 0 saturated heterocycles. The van der Waals surface area contributed by atoms with Crippen molar-refractivity contribution >= 4 is 11.9 Å². The molecular weight excluding hydrogens is 198 g/mol. The van der Waals surface area contributed by atoms with Crippen LogP contribution in [0.2, 0.25) is 0 Å². The number of carboxylic acid groups (broad SMARTS) is 1. The van der Waals surface area contributed by atoms with Gasteiger partial charge in [0.05, 0.1) is 6.61 Å². The molecule has 1 saturated carbocycles. The lowest BCUT2D eigenvalue weighted by atomic mass is 10.3. The van der Waals surface area contributed by atoms with E-state index in [1.54, 1.807) is 0 Å². The number of amides is 1. The van der Waals surface area contributed by atoms with Gasteiger partial charge in [0.1, 0.15) is 6.04 Å². The van der Waals surface area contributed by atoms with E-state index in [0.29, 0.717) is 12.5 Å². The summed E-state index contributed by atoms with van der Waals surface area (Å²) in [6, 6.07) is -0.832. The molecule has 0 heterocycles. The number of rotatable bonds is 7. The first-order valence-corrected chi connectivity index (χ1v) is 5.19. The molecule has 0 aromatic heterocycles. The van der Waals surface area contributed by atoms with Crippen LogP contribution in [0.4, 0.5) is 0 Å². The number of ether oxygens (including phenoxy) is 1. The Labute approximate surface area is 88.8 Å². The molecular formula is C10H17NO4. The Morgan fingerprint density at radius 2 is 2.20 bits per heavy atom. The topological polar surface area (TPSA) is 75.6 Å². The summed E-state index contributed by atoms with van der Waals surface area (Å²) >= 11 is 0. The summed E-state index contributed by atoms with van der Waals surface area (Å²) in [6.07, 6.45) is 2.68. The molecule has 1 aliphatic carbocycles. The van der Waals surface area contributed by atoms with Crippen LogP contribution in [-0.4, -0.2) is 36.2 Å². The van der Waals surface area contributed by atoms with E-state index < -0.39 is 12.0 Å². The van der Waals surface area contributed by atoms with Gasteiger partial charge >= 0.3 is 5.97 Å². The summed E-state index contributed by atoms with van der Waals surface area (Å²) in [6.45, 7) is 2.53. The van der Waals surface area contributed by atoms with E-state index in [1.807, 2.05) is 0 Å². The zero-order valence-corrected chi connectivity index (χ0v) is 8.86. The van der Waals surface area contributed by atoms with Crippen LogP contribution >= 0.6 is 0 Å². The van der Waals surface area contributed by atoms with Gasteiger partial charge in [0.15, 0.2) is 0 Å². The van der Waals surface area contributed by atoms with Gasteiger partial charge in [0.2, 0.25) is 5.91 Å². The molecule has 1 rings (SSSR count). The predicted molar refractivity (Wildman–Crippen MR) is 53.4 cm³/mol. The Bertz CT molecular complexity index is 238. The van der Waals surface area contributed by atoms with Gasteiger partial charge in [-0.2, -0.15) is 0 Å². The van der Waals surface area contributed by atoms with Crippen LogP contribution in [0, 0.1) is 5.92 Å². The van der Waals surface area contributed by atoms with Gasteiger partial charge in [0.25, 0.3) is 0 Å². The fraction of sp³-hybridized carbons (Fsp3) is 0.800. The van der Waals surface area contributed by atoms with E-state index in [1.165, 1.54) is 19.8 Å². The van der Waals surface area contributed by atoms with E-state index in [2.05, 4.69) is 5.32 Å². The number of aliphatic carboxylic acids is 1. The van der Waals surface area contributed by atoms with Crippen molar-refractivity contribution in [2.24, 2.45) is 5.92 Å². The normalized spacial score (nSPS) is 17.1. The Hall–Kier alpha value is -1.10. The summed E-state index contributed by atoms with van der Waals surface area (Å²) in [7, 11) is 0. The van der Waals surface area contributed by atoms with Gasteiger partial charge in [0, 0.05) is 13.0 Å². The van der Waals surface area contributed by atoms with Crippen molar-refractivity contribution in [1.29, 1.82) is 0 Å². The van der Waals surface area contributed by atoms with Gasteiger partial charge in [-0.05, 0) is 25.7 Å². The van der Waals surface area contributed by atoms with Gasteiger partial charge in [-0.15, -0.1) is 0 Å². The lowest BCUT2D eigenvalue weighted by Crippen LogP contribution is -2.38. The van der Waals surface area contributed by atoms with E-state index in [-0.39, 0.29) is 12.3 Å². The lowest BCUT2D eigenvalue weighted by Gasteiger charge is -2.09. The molecule has 0 radical (unpaired) electrons. The van der Waals surface area contributed by atoms with Crippen molar-refractivity contribution in [3.8, 4) is 0 Å². The third-order valence-corrected chi connectivity index (χ3v) is 2.27. The van der Waals surface area contributed by atoms with Crippen molar-refractivity contribution < 1.29 is 19.4 Å². The van der Waals surface area contributed by atoms with E-state index >= 15 is 0 Å². The van der Waals surface area contributed by atoms with Crippen LogP contribution in [0.5, 0.6) is 0 Å². The molecule has 1 unspecified atom stereocenters. The number of hydrogen-bond donors (Lipinski definition) is 2. The first-order valence-electron chi connectivity index (χ1n) is 5.19. The average molecular weight is 215 g/mol. The second-order valence-corrected chi connectivity index (χ2v) is 3.90.